The summed E-state index contributed by atoms with van der Waals surface area (Å²) in [6, 6.07) is 7.97. The Labute approximate surface area is 113 Å². The molecular weight excluding hydrogens is 240 g/mol. The summed E-state index contributed by atoms with van der Waals surface area (Å²) >= 11 is 0. The molecule has 2 N–H and O–H groups in total. The number of anilines is 1. The van der Waals surface area contributed by atoms with Gasteiger partial charge in [-0.05, 0) is 17.7 Å². The van der Waals surface area contributed by atoms with Crippen LogP contribution in [0.3, 0.4) is 0 Å². The van der Waals surface area contributed by atoms with Crippen LogP contribution in [0.25, 0.3) is 0 Å². The lowest BCUT2D eigenvalue weighted by molar-refractivity contribution is 0.414. The maximum atomic E-state index is 5.57. The van der Waals surface area contributed by atoms with Gasteiger partial charge in [0, 0.05) is 26.3 Å². The minimum absolute atomic E-state index is 0.397. The van der Waals surface area contributed by atoms with Crippen molar-refractivity contribution in [1.82, 2.24) is 9.97 Å². The Balaban J connectivity index is 2.13. The van der Waals surface area contributed by atoms with Crippen LogP contribution in [-0.2, 0) is 13.1 Å². The summed E-state index contributed by atoms with van der Waals surface area (Å²) in [5.41, 5.74) is 7.51. The molecule has 0 aliphatic carbocycles. The first-order chi connectivity index (χ1) is 9.22. The molecule has 0 saturated carbocycles. The van der Waals surface area contributed by atoms with E-state index < -0.39 is 0 Å². The van der Waals surface area contributed by atoms with Crippen LogP contribution in [0, 0.1) is 0 Å². The maximum absolute atomic E-state index is 5.57. The molecule has 0 saturated heterocycles. The second kappa shape index (κ2) is 6.15. The maximum Gasteiger partial charge on any atom is 0.147 e. The van der Waals surface area contributed by atoms with E-state index >= 15 is 0 Å². The Kier molecular flexibility index (Phi) is 4.30. The fourth-order valence-electron chi connectivity index (χ4n) is 1.80. The molecule has 2 aromatic rings. The van der Waals surface area contributed by atoms with Crippen LogP contribution in [0.15, 0.2) is 36.7 Å². The highest BCUT2D eigenvalue weighted by Gasteiger charge is 2.05. The average Bonchev–Trinajstić information content (AvgIpc) is 2.47. The third kappa shape index (κ3) is 3.42. The third-order valence-electron chi connectivity index (χ3n) is 2.83. The van der Waals surface area contributed by atoms with Crippen molar-refractivity contribution < 1.29 is 4.74 Å². The molecule has 0 atom stereocenters. The average molecular weight is 258 g/mol. The van der Waals surface area contributed by atoms with Crippen molar-refractivity contribution in [2.45, 2.75) is 13.1 Å². The van der Waals surface area contributed by atoms with Crippen LogP contribution in [0.4, 0.5) is 5.82 Å². The van der Waals surface area contributed by atoms with Crippen LogP contribution in [0.1, 0.15) is 11.3 Å². The number of ether oxygens (including phenoxy) is 1. The lowest BCUT2D eigenvalue weighted by atomic mass is 10.2. The Morgan fingerprint density at radius 3 is 2.89 bits per heavy atom. The first kappa shape index (κ1) is 13.3. The fourth-order valence-corrected chi connectivity index (χ4v) is 1.80. The van der Waals surface area contributed by atoms with E-state index in [0.717, 1.165) is 29.4 Å². The van der Waals surface area contributed by atoms with Gasteiger partial charge in [0.05, 0.1) is 19.0 Å². The van der Waals surface area contributed by atoms with Crippen LogP contribution in [-0.4, -0.2) is 24.1 Å². The van der Waals surface area contributed by atoms with Crippen LogP contribution in [0.5, 0.6) is 5.75 Å². The molecule has 0 spiro atoms. The summed E-state index contributed by atoms with van der Waals surface area (Å²) in [5, 5.41) is 0. The monoisotopic (exact) mass is 258 g/mol. The Morgan fingerprint density at radius 1 is 1.32 bits per heavy atom. The van der Waals surface area contributed by atoms with Gasteiger partial charge in [0.2, 0.25) is 0 Å². The predicted molar refractivity (Wildman–Crippen MR) is 75.0 cm³/mol. The van der Waals surface area contributed by atoms with E-state index in [-0.39, 0.29) is 0 Å². The summed E-state index contributed by atoms with van der Waals surface area (Å²) in [7, 11) is 3.64. The molecule has 5 nitrogen and oxygen atoms in total. The van der Waals surface area contributed by atoms with Gasteiger partial charge in [0.1, 0.15) is 11.6 Å². The van der Waals surface area contributed by atoms with E-state index in [1.807, 2.05) is 30.1 Å². The Bertz CT molecular complexity index is 544. The molecule has 0 aliphatic heterocycles. The smallest absolute Gasteiger partial charge is 0.147 e. The van der Waals surface area contributed by atoms with Crippen molar-refractivity contribution in [3.05, 3.63) is 47.9 Å². The zero-order valence-corrected chi connectivity index (χ0v) is 11.2. The highest BCUT2D eigenvalue weighted by Crippen LogP contribution is 2.16. The predicted octanol–water partition coefficient (Wildman–Crippen LogP) is 1.58. The van der Waals surface area contributed by atoms with Crippen molar-refractivity contribution >= 4 is 5.82 Å². The molecule has 0 unspecified atom stereocenters. The summed E-state index contributed by atoms with van der Waals surface area (Å²) < 4.78 is 5.22. The molecule has 5 heteroatoms. The summed E-state index contributed by atoms with van der Waals surface area (Å²) in [6.45, 7) is 1.13. The largest absolute Gasteiger partial charge is 0.497 e. The second-order valence-corrected chi connectivity index (χ2v) is 4.28. The number of rotatable bonds is 5. The number of methoxy groups -OCH3 is 1. The minimum atomic E-state index is 0.397. The molecule has 1 heterocycles. The number of nitrogens with two attached hydrogens (primary N) is 1. The standard InChI is InChI=1S/C14H18N4O/c1-18(14-9-16-8-12(7-15)17-14)10-11-4-3-5-13(6-11)19-2/h3-6,8-9H,7,10,15H2,1-2H3. The van der Waals surface area contributed by atoms with Crippen molar-refractivity contribution in [1.29, 1.82) is 0 Å². The third-order valence-corrected chi connectivity index (χ3v) is 2.83. The molecule has 1 aromatic heterocycles. The Morgan fingerprint density at radius 2 is 2.16 bits per heavy atom. The molecule has 100 valence electrons. The highest BCUT2D eigenvalue weighted by molar-refractivity contribution is 5.38. The molecule has 0 fully saturated rings. The van der Waals surface area contributed by atoms with E-state index in [1.165, 1.54) is 0 Å². The van der Waals surface area contributed by atoms with Crippen LogP contribution >= 0.6 is 0 Å². The van der Waals surface area contributed by atoms with E-state index in [2.05, 4.69) is 16.0 Å². The van der Waals surface area contributed by atoms with Crippen molar-refractivity contribution in [2.75, 3.05) is 19.1 Å². The molecule has 19 heavy (non-hydrogen) atoms. The quantitative estimate of drug-likeness (QED) is 0.882. The van der Waals surface area contributed by atoms with Gasteiger partial charge in [-0.1, -0.05) is 12.1 Å². The normalized spacial score (nSPS) is 10.3. The highest BCUT2D eigenvalue weighted by atomic mass is 16.5. The molecule has 0 bridgehead atoms. The number of hydrogen-bond acceptors (Lipinski definition) is 5. The number of nitrogens with zero attached hydrogens (tertiary/aromatic N) is 3. The van der Waals surface area contributed by atoms with E-state index in [0.29, 0.717) is 6.54 Å². The van der Waals surface area contributed by atoms with Crippen molar-refractivity contribution in [3.8, 4) is 5.75 Å². The van der Waals surface area contributed by atoms with Gasteiger partial charge in [-0.2, -0.15) is 0 Å². The minimum Gasteiger partial charge on any atom is -0.497 e. The van der Waals surface area contributed by atoms with Gasteiger partial charge < -0.3 is 15.4 Å². The van der Waals surface area contributed by atoms with E-state index in [4.69, 9.17) is 10.5 Å². The van der Waals surface area contributed by atoms with Gasteiger partial charge >= 0.3 is 0 Å². The molecule has 1 aromatic carbocycles. The summed E-state index contributed by atoms with van der Waals surface area (Å²) in [5.74, 6) is 1.67. The first-order valence-corrected chi connectivity index (χ1v) is 6.08. The van der Waals surface area contributed by atoms with Crippen LogP contribution < -0.4 is 15.4 Å². The topological polar surface area (TPSA) is 64.3 Å². The van der Waals surface area contributed by atoms with E-state index in [1.54, 1.807) is 19.5 Å². The molecule has 0 amide bonds. The van der Waals surface area contributed by atoms with Crippen molar-refractivity contribution in [3.63, 3.8) is 0 Å². The zero-order valence-electron chi connectivity index (χ0n) is 11.2. The first-order valence-electron chi connectivity index (χ1n) is 6.08. The zero-order chi connectivity index (χ0) is 13.7. The van der Waals surface area contributed by atoms with Crippen LogP contribution in [0.2, 0.25) is 0 Å². The molecule has 2 rings (SSSR count). The molecule has 0 radical (unpaired) electrons. The van der Waals surface area contributed by atoms with Gasteiger partial charge in [-0.3, -0.25) is 4.98 Å². The van der Waals surface area contributed by atoms with Gasteiger partial charge in [-0.25, -0.2) is 4.98 Å². The van der Waals surface area contributed by atoms with Gasteiger partial charge in [-0.15, -0.1) is 0 Å². The van der Waals surface area contributed by atoms with Gasteiger partial charge in [0.15, 0.2) is 0 Å². The molecular formula is C14H18N4O. The number of hydrogen-bond donors (Lipinski definition) is 1. The molecule has 0 aliphatic rings. The lowest BCUT2D eigenvalue weighted by Crippen LogP contribution is -2.18. The van der Waals surface area contributed by atoms with E-state index in [9.17, 15) is 0 Å². The van der Waals surface area contributed by atoms with Gasteiger partial charge in [0.25, 0.3) is 0 Å². The summed E-state index contributed by atoms with van der Waals surface area (Å²) in [4.78, 5) is 10.6. The Hall–Kier alpha value is -2.14. The lowest BCUT2D eigenvalue weighted by Gasteiger charge is -2.18. The SMILES string of the molecule is COc1cccc(CN(C)c2cncc(CN)n2)c1. The number of benzene rings is 1. The summed E-state index contributed by atoms with van der Waals surface area (Å²) in [6.07, 6.45) is 3.42. The van der Waals surface area contributed by atoms with Crippen molar-refractivity contribution in [2.24, 2.45) is 5.73 Å². The fraction of sp³-hybridized carbons (Fsp3) is 0.286. The number of aromatic nitrogens is 2. The second-order valence-electron chi connectivity index (χ2n) is 4.28.